The van der Waals surface area contributed by atoms with Crippen molar-refractivity contribution in [3.8, 4) is 0 Å². The zero-order valence-corrected chi connectivity index (χ0v) is 16.2. The number of rotatable bonds is 5. The number of esters is 2. The molecular formula is C19H28N2O5. The molecule has 7 heteroatoms. The summed E-state index contributed by atoms with van der Waals surface area (Å²) in [6.45, 7) is 9.04. The highest BCUT2D eigenvalue weighted by Gasteiger charge is 2.30. The van der Waals surface area contributed by atoms with E-state index in [4.69, 9.17) is 9.47 Å². The zero-order chi connectivity index (χ0) is 19.4. The number of aryl methyl sites for hydroxylation is 1. The number of carbonyl (C=O) groups is 3. The Morgan fingerprint density at radius 3 is 2.27 bits per heavy atom. The Balaban J connectivity index is 2.05. The first-order chi connectivity index (χ1) is 12.3. The maximum Gasteiger partial charge on any atom is 0.355 e. The van der Waals surface area contributed by atoms with Crippen LogP contribution in [0.2, 0.25) is 0 Å². The predicted octanol–water partition coefficient (Wildman–Crippen LogP) is 2.75. The van der Waals surface area contributed by atoms with E-state index < -0.39 is 11.9 Å². The number of H-pyrrole nitrogens is 1. The largest absolute Gasteiger partial charge is 0.462 e. The number of aromatic amines is 1. The van der Waals surface area contributed by atoms with Crippen molar-refractivity contribution in [3.05, 3.63) is 22.5 Å². The molecule has 2 atom stereocenters. The van der Waals surface area contributed by atoms with E-state index in [9.17, 15) is 14.4 Å². The summed E-state index contributed by atoms with van der Waals surface area (Å²) in [5.74, 6) is -1.32. The van der Waals surface area contributed by atoms with Crippen LogP contribution in [0.5, 0.6) is 0 Å². The minimum Gasteiger partial charge on any atom is -0.462 e. The third-order valence-corrected chi connectivity index (χ3v) is 4.93. The number of nitrogens with zero attached hydrogens (tertiary/aromatic N) is 1. The van der Waals surface area contributed by atoms with E-state index in [2.05, 4.69) is 4.98 Å². The number of ether oxygens (including phenoxy) is 2. The average Bonchev–Trinajstić information content (AvgIpc) is 2.87. The SMILES string of the molecule is CCOC(=O)c1c(C)[nH]c(C(=O)OCC(=O)N2C(C)CCCC2C)c1C. The second kappa shape index (κ2) is 8.38. The minimum atomic E-state index is -0.646. The van der Waals surface area contributed by atoms with Crippen LogP contribution in [0.25, 0.3) is 0 Å². The Hall–Kier alpha value is -2.31. The summed E-state index contributed by atoms with van der Waals surface area (Å²) in [6.07, 6.45) is 3.02. The van der Waals surface area contributed by atoms with Crippen molar-refractivity contribution in [2.45, 2.75) is 66.0 Å². The molecule has 1 saturated heterocycles. The van der Waals surface area contributed by atoms with Gasteiger partial charge >= 0.3 is 11.9 Å². The van der Waals surface area contributed by atoms with Crippen LogP contribution in [0.1, 0.15) is 72.1 Å². The molecule has 0 spiro atoms. The average molecular weight is 364 g/mol. The Morgan fingerprint density at radius 2 is 1.69 bits per heavy atom. The molecule has 2 unspecified atom stereocenters. The van der Waals surface area contributed by atoms with Crippen molar-refractivity contribution in [1.29, 1.82) is 0 Å². The molecule has 1 aliphatic heterocycles. The zero-order valence-electron chi connectivity index (χ0n) is 16.2. The number of hydrogen-bond acceptors (Lipinski definition) is 5. The predicted molar refractivity (Wildman–Crippen MR) is 96.1 cm³/mol. The first kappa shape index (κ1) is 20.0. The molecule has 1 amide bonds. The fraction of sp³-hybridized carbons (Fsp3) is 0.632. The normalized spacial score (nSPS) is 20.0. The van der Waals surface area contributed by atoms with Gasteiger partial charge in [0.2, 0.25) is 0 Å². The lowest BCUT2D eigenvalue weighted by atomic mass is 9.97. The highest BCUT2D eigenvalue weighted by Crippen LogP contribution is 2.23. The van der Waals surface area contributed by atoms with Gasteiger partial charge in [0.05, 0.1) is 12.2 Å². The lowest BCUT2D eigenvalue weighted by Crippen LogP contribution is -2.49. The van der Waals surface area contributed by atoms with Crippen molar-refractivity contribution < 1.29 is 23.9 Å². The number of amides is 1. The quantitative estimate of drug-likeness (QED) is 0.812. The Morgan fingerprint density at radius 1 is 1.08 bits per heavy atom. The topological polar surface area (TPSA) is 88.7 Å². The number of piperidine rings is 1. The Kier molecular flexibility index (Phi) is 6.45. The van der Waals surface area contributed by atoms with Crippen molar-refractivity contribution in [1.82, 2.24) is 9.88 Å². The van der Waals surface area contributed by atoms with Crippen LogP contribution in [0, 0.1) is 13.8 Å². The van der Waals surface area contributed by atoms with Crippen LogP contribution in [-0.2, 0) is 14.3 Å². The monoisotopic (exact) mass is 364 g/mol. The molecule has 1 fully saturated rings. The van der Waals surface area contributed by atoms with E-state index >= 15 is 0 Å². The molecule has 0 aromatic carbocycles. The molecule has 144 valence electrons. The smallest absolute Gasteiger partial charge is 0.355 e. The fourth-order valence-electron chi connectivity index (χ4n) is 3.65. The van der Waals surface area contributed by atoms with Crippen LogP contribution in [0.4, 0.5) is 0 Å². The summed E-state index contributed by atoms with van der Waals surface area (Å²) < 4.78 is 10.2. The third kappa shape index (κ3) is 4.08. The fourth-order valence-corrected chi connectivity index (χ4v) is 3.65. The molecule has 0 saturated carbocycles. The van der Waals surface area contributed by atoms with Crippen LogP contribution >= 0.6 is 0 Å². The summed E-state index contributed by atoms with van der Waals surface area (Å²) in [6, 6.07) is 0.296. The van der Waals surface area contributed by atoms with Crippen LogP contribution in [-0.4, -0.2) is 53.0 Å². The molecule has 2 heterocycles. The lowest BCUT2D eigenvalue weighted by Gasteiger charge is -2.38. The van der Waals surface area contributed by atoms with Gasteiger partial charge in [0.1, 0.15) is 5.69 Å². The maximum absolute atomic E-state index is 12.5. The van der Waals surface area contributed by atoms with E-state index in [1.54, 1.807) is 25.7 Å². The lowest BCUT2D eigenvalue weighted by molar-refractivity contribution is -0.140. The molecule has 7 nitrogen and oxygen atoms in total. The van der Waals surface area contributed by atoms with Gasteiger partial charge in [0, 0.05) is 17.8 Å². The van der Waals surface area contributed by atoms with Crippen molar-refractivity contribution in [3.63, 3.8) is 0 Å². The maximum atomic E-state index is 12.5. The summed E-state index contributed by atoms with van der Waals surface area (Å²) >= 11 is 0. The molecular weight excluding hydrogens is 336 g/mol. The first-order valence-electron chi connectivity index (χ1n) is 9.12. The van der Waals surface area contributed by atoms with Gasteiger partial charge in [-0.05, 0) is 59.4 Å². The number of nitrogens with one attached hydrogen (secondary N) is 1. The second-order valence-corrected chi connectivity index (χ2v) is 6.85. The number of likely N-dealkylation sites (tertiary alicyclic amines) is 1. The minimum absolute atomic E-state index is 0.148. The summed E-state index contributed by atoms with van der Waals surface area (Å²) in [7, 11) is 0. The van der Waals surface area contributed by atoms with Crippen LogP contribution < -0.4 is 0 Å². The van der Waals surface area contributed by atoms with E-state index in [0.717, 1.165) is 19.3 Å². The van der Waals surface area contributed by atoms with Gasteiger partial charge in [-0.1, -0.05) is 0 Å². The summed E-state index contributed by atoms with van der Waals surface area (Å²) in [4.78, 5) is 41.5. The number of aromatic nitrogens is 1. The van der Waals surface area contributed by atoms with E-state index in [1.165, 1.54) is 0 Å². The molecule has 0 radical (unpaired) electrons. The van der Waals surface area contributed by atoms with Crippen molar-refractivity contribution >= 4 is 17.8 Å². The van der Waals surface area contributed by atoms with Gasteiger partial charge in [0.25, 0.3) is 5.91 Å². The molecule has 1 aromatic heterocycles. The van der Waals surface area contributed by atoms with Gasteiger partial charge in [0.15, 0.2) is 6.61 Å². The molecule has 26 heavy (non-hydrogen) atoms. The van der Waals surface area contributed by atoms with E-state index in [-0.39, 0.29) is 36.9 Å². The van der Waals surface area contributed by atoms with Crippen LogP contribution in [0.3, 0.4) is 0 Å². The molecule has 1 aromatic rings. The van der Waals surface area contributed by atoms with E-state index in [1.807, 2.05) is 13.8 Å². The molecule has 0 bridgehead atoms. The van der Waals surface area contributed by atoms with Gasteiger partial charge < -0.3 is 19.4 Å². The summed E-state index contributed by atoms with van der Waals surface area (Å²) in [5, 5.41) is 0. The van der Waals surface area contributed by atoms with Crippen molar-refractivity contribution in [2.75, 3.05) is 13.2 Å². The molecule has 1 aliphatic rings. The Labute approximate surface area is 154 Å². The first-order valence-corrected chi connectivity index (χ1v) is 9.12. The molecule has 1 N–H and O–H groups in total. The number of carbonyl (C=O) groups excluding carboxylic acids is 3. The summed E-state index contributed by atoms with van der Waals surface area (Å²) in [5.41, 5.74) is 1.53. The van der Waals surface area contributed by atoms with Gasteiger partial charge in [-0.3, -0.25) is 4.79 Å². The second-order valence-electron chi connectivity index (χ2n) is 6.85. The Bertz CT molecular complexity index is 684. The van der Waals surface area contributed by atoms with Crippen molar-refractivity contribution in [2.24, 2.45) is 0 Å². The highest BCUT2D eigenvalue weighted by atomic mass is 16.5. The van der Waals surface area contributed by atoms with Gasteiger partial charge in [-0.25, -0.2) is 9.59 Å². The number of hydrogen-bond donors (Lipinski definition) is 1. The van der Waals surface area contributed by atoms with Gasteiger partial charge in [-0.2, -0.15) is 0 Å². The third-order valence-electron chi connectivity index (χ3n) is 4.93. The highest BCUT2D eigenvalue weighted by molar-refractivity contribution is 5.99. The standard InChI is InChI=1S/C19H28N2O5/c1-6-25-18(23)16-13(4)17(20-14(16)5)19(24)26-10-15(22)21-11(2)8-7-9-12(21)3/h11-12,20H,6-10H2,1-5H3. The van der Waals surface area contributed by atoms with E-state index in [0.29, 0.717) is 16.8 Å². The molecule has 0 aliphatic carbocycles. The van der Waals surface area contributed by atoms with Gasteiger partial charge in [-0.15, -0.1) is 0 Å². The molecule has 2 rings (SSSR count). The van der Waals surface area contributed by atoms with Crippen LogP contribution in [0.15, 0.2) is 0 Å².